The summed E-state index contributed by atoms with van der Waals surface area (Å²) >= 11 is 0. The first-order chi connectivity index (χ1) is 6.95. The molecule has 0 aliphatic rings. The molecule has 0 bridgehead atoms. The van der Waals surface area contributed by atoms with Gasteiger partial charge < -0.3 is 15.2 Å². The zero-order valence-electron chi connectivity index (χ0n) is 9.02. The molecular formula is C9H15N3O3. The van der Waals surface area contributed by atoms with Crippen molar-refractivity contribution in [2.45, 2.75) is 12.5 Å². The second kappa shape index (κ2) is 4.31. The van der Waals surface area contributed by atoms with Gasteiger partial charge >= 0.3 is 5.97 Å². The van der Waals surface area contributed by atoms with Crippen molar-refractivity contribution in [3.63, 3.8) is 0 Å². The highest BCUT2D eigenvalue weighted by molar-refractivity contribution is 5.79. The van der Waals surface area contributed by atoms with Crippen LogP contribution >= 0.6 is 0 Å². The van der Waals surface area contributed by atoms with Crippen molar-refractivity contribution < 1.29 is 14.6 Å². The van der Waals surface area contributed by atoms with Gasteiger partial charge in [0.15, 0.2) is 5.60 Å². The molecule has 1 rings (SSSR count). The predicted octanol–water partition coefficient (Wildman–Crippen LogP) is -0.244. The molecule has 15 heavy (non-hydrogen) atoms. The van der Waals surface area contributed by atoms with Crippen LogP contribution in [0.15, 0.2) is 12.3 Å². The lowest BCUT2D eigenvalue weighted by atomic mass is 10.1. The van der Waals surface area contributed by atoms with Crippen molar-refractivity contribution in [1.82, 2.24) is 9.78 Å². The summed E-state index contributed by atoms with van der Waals surface area (Å²) in [6.45, 7) is 1.44. The number of aryl methyl sites for hydroxylation is 1. The van der Waals surface area contributed by atoms with Gasteiger partial charge in [0, 0.05) is 19.3 Å². The van der Waals surface area contributed by atoms with Crippen LogP contribution < -0.4 is 5.32 Å². The lowest BCUT2D eigenvalue weighted by Crippen LogP contribution is -2.42. The number of hydrogen-bond acceptors (Lipinski definition) is 5. The van der Waals surface area contributed by atoms with Crippen molar-refractivity contribution in [2.24, 2.45) is 7.05 Å². The van der Waals surface area contributed by atoms with E-state index in [1.165, 1.54) is 14.0 Å². The third-order valence-corrected chi connectivity index (χ3v) is 1.95. The minimum absolute atomic E-state index is 0.0523. The summed E-state index contributed by atoms with van der Waals surface area (Å²) in [5.74, 6) is -0.0763. The molecule has 0 saturated carbocycles. The first kappa shape index (κ1) is 11.5. The lowest BCUT2D eigenvalue weighted by Gasteiger charge is -2.20. The highest BCUT2D eigenvalue weighted by atomic mass is 16.5. The maximum atomic E-state index is 11.1. The molecule has 0 aliphatic carbocycles. The van der Waals surface area contributed by atoms with E-state index in [1.54, 1.807) is 24.0 Å². The van der Waals surface area contributed by atoms with Gasteiger partial charge in [0.1, 0.15) is 5.82 Å². The molecule has 0 aromatic carbocycles. The SMILES string of the molecule is COC(=O)C(C)(O)CNc1ccn(C)n1. The maximum absolute atomic E-state index is 11.1. The Morgan fingerprint density at radius 2 is 2.47 bits per heavy atom. The number of ether oxygens (including phenoxy) is 1. The number of hydrogen-bond donors (Lipinski definition) is 2. The van der Waals surface area contributed by atoms with E-state index in [0.29, 0.717) is 5.82 Å². The number of rotatable bonds is 4. The van der Waals surface area contributed by atoms with Gasteiger partial charge in [-0.15, -0.1) is 0 Å². The fourth-order valence-corrected chi connectivity index (χ4v) is 1.06. The average Bonchev–Trinajstić information content (AvgIpc) is 2.60. The van der Waals surface area contributed by atoms with Crippen molar-refractivity contribution in [3.8, 4) is 0 Å². The summed E-state index contributed by atoms with van der Waals surface area (Å²) in [7, 11) is 3.02. The molecule has 1 heterocycles. The fourth-order valence-electron chi connectivity index (χ4n) is 1.06. The first-order valence-electron chi connectivity index (χ1n) is 4.50. The molecular weight excluding hydrogens is 198 g/mol. The average molecular weight is 213 g/mol. The second-order valence-electron chi connectivity index (χ2n) is 3.49. The quantitative estimate of drug-likeness (QED) is 0.675. The molecule has 84 valence electrons. The monoisotopic (exact) mass is 213 g/mol. The molecule has 0 amide bonds. The van der Waals surface area contributed by atoms with Crippen LogP contribution in [0.4, 0.5) is 5.82 Å². The third-order valence-electron chi connectivity index (χ3n) is 1.95. The van der Waals surface area contributed by atoms with E-state index in [9.17, 15) is 9.90 Å². The Kier molecular flexibility index (Phi) is 3.31. The number of methoxy groups -OCH3 is 1. The van der Waals surface area contributed by atoms with E-state index < -0.39 is 11.6 Å². The molecule has 6 heteroatoms. The lowest BCUT2D eigenvalue weighted by molar-refractivity contribution is -0.158. The Bertz CT molecular complexity index is 346. The normalized spacial score (nSPS) is 14.4. The van der Waals surface area contributed by atoms with Crippen LogP contribution in [-0.2, 0) is 16.6 Å². The Morgan fingerprint density at radius 1 is 1.80 bits per heavy atom. The van der Waals surface area contributed by atoms with E-state index in [1.807, 2.05) is 0 Å². The molecule has 1 aromatic rings. The summed E-state index contributed by atoms with van der Waals surface area (Å²) in [4.78, 5) is 11.1. The van der Waals surface area contributed by atoms with Crippen LogP contribution in [0.1, 0.15) is 6.92 Å². The Balaban J connectivity index is 2.53. The number of aromatic nitrogens is 2. The molecule has 0 fully saturated rings. The number of anilines is 1. The van der Waals surface area contributed by atoms with Crippen molar-refractivity contribution in [2.75, 3.05) is 19.0 Å². The molecule has 0 spiro atoms. The Labute approximate surface area is 87.8 Å². The van der Waals surface area contributed by atoms with Crippen molar-refractivity contribution >= 4 is 11.8 Å². The second-order valence-corrected chi connectivity index (χ2v) is 3.49. The summed E-state index contributed by atoms with van der Waals surface area (Å²) in [5, 5.41) is 16.6. The van der Waals surface area contributed by atoms with Crippen LogP contribution in [0.2, 0.25) is 0 Å². The molecule has 1 unspecified atom stereocenters. The van der Waals surface area contributed by atoms with Crippen LogP contribution in [-0.4, -0.2) is 40.1 Å². The molecule has 2 N–H and O–H groups in total. The molecule has 0 radical (unpaired) electrons. The minimum atomic E-state index is -1.55. The van der Waals surface area contributed by atoms with Crippen LogP contribution in [0, 0.1) is 0 Å². The zero-order valence-corrected chi connectivity index (χ0v) is 9.02. The van der Waals surface area contributed by atoms with Gasteiger partial charge in [0.25, 0.3) is 0 Å². The predicted molar refractivity (Wildman–Crippen MR) is 54.3 cm³/mol. The Hall–Kier alpha value is -1.56. The molecule has 0 saturated heterocycles. The van der Waals surface area contributed by atoms with E-state index in [-0.39, 0.29) is 6.54 Å². The summed E-state index contributed by atoms with van der Waals surface area (Å²) < 4.78 is 6.07. The molecule has 1 atom stereocenters. The number of nitrogens with zero attached hydrogens (tertiary/aromatic N) is 2. The topological polar surface area (TPSA) is 76.4 Å². The van der Waals surface area contributed by atoms with Crippen molar-refractivity contribution in [1.29, 1.82) is 0 Å². The third kappa shape index (κ3) is 2.95. The van der Waals surface area contributed by atoms with E-state index in [4.69, 9.17) is 0 Å². The molecule has 1 aromatic heterocycles. The fraction of sp³-hybridized carbons (Fsp3) is 0.556. The minimum Gasteiger partial charge on any atom is -0.467 e. The van der Waals surface area contributed by atoms with Crippen LogP contribution in [0.25, 0.3) is 0 Å². The van der Waals surface area contributed by atoms with E-state index in [0.717, 1.165) is 0 Å². The number of carbonyl (C=O) groups excluding carboxylic acids is 1. The van der Waals surface area contributed by atoms with Crippen LogP contribution in [0.5, 0.6) is 0 Å². The van der Waals surface area contributed by atoms with Gasteiger partial charge in [-0.05, 0) is 6.92 Å². The summed E-state index contributed by atoms with van der Waals surface area (Å²) in [6.07, 6.45) is 1.76. The number of nitrogens with one attached hydrogen (secondary N) is 1. The van der Waals surface area contributed by atoms with Gasteiger partial charge in [0.2, 0.25) is 0 Å². The number of aliphatic hydroxyl groups is 1. The van der Waals surface area contributed by atoms with Gasteiger partial charge in [-0.2, -0.15) is 5.10 Å². The first-order valence-corrected chi connectivity index (χ1v) is 4.50. The highest BCUT2D eigenvalue weighted by Gasteiger charge is 2.31. The van der Waals surface area contributed by atoms with Crippen molar-refractivity contribution in [3.05, 3.63) is 12.3 Å². The Morgan fingerprint density at radius 3 is 2.93 bits per heavy atom. The number of esters is 1. The maximum Gasteiger partial charge on any atom is 0.339 e. The summed E-state index contributed by atoms with van der Waals surface area (Å²) in [5.41, 5.74) is -1.55. The standard InChI is InChI=1S/C9H15N3O3/c1-9(14,8(13)15-3)6-10-7-4-5-12(2)11-7/h4-5,14H,6H2,1-3H3,(H,10,11). The van der Waals surface area contributed by atoms with Gasteiger partial charge in [-0.1, -0.05) is 0 Å². The largest absolute Gasteiger partial charge is 0.467 e. The van der Waals surface area contributed by atoms with Crippen LogP contribution in [0.3, 0.4) is 0 Å². The zero-order chi connectivity index (χ0) is 11.5. The van der Waals surface area contributed by atoms with Gasteiger partial charge in [-0.25, -0.2) is 4.79 Å². The smallest absolute Gasteiger partial charge is 0.339 e. The van der Waals surface area contributed by atoms with E-state index in [2.05, 4.69) is 15.2 Å². The summed E-state index contributed by atoms with van der Waals surface area (Å²) in [6, 6.07) is 1.74. The van der Waals surface area contributed by atoms with E-state index >= 15 is 0 Å². The number of carbonyl (C=O) groups is 1. The van der Waals surface area contributed by atoms with Gasteiger partial charge in [0.05, 0.1) is 13.7 Å². The van der Waals surface area contributed by atoms with Gasteiger partial charge in [-0.3, -0.25) is 4.68 Å². The molecule has 6 nitrogen and oxygen atoms in total. The highest BCUT2D eigenvalue weighted by Crippen LogP contribution is 2.08. The molecule has 0 aliphatic heterocycles.